The van der Waals surface area contributed by atoms with Gasteiger partial charge in [0, 0.05) is 18.3 Å². The zero-order valence-electron chi connectivity index (χ0n) is 16.4. The Morgan fingerprint density at radius 2 is 1.54 bits per heavy atom. The number of anilines is 1. The second kappa shape index (κ2) is 9.55. The standard InChI is InChI=1S/C21H24N2O5/c1-13-9-14(2)20(15(3)10-13)28-12-19(25)27-11-18(24)23-17-7-5-16(6-8-17)21(26)22-4/h5-10H,11-12H2,1-4H3,(H,22,26)(H,23,24). The summed E-state index contributed by atoms with van der Waals surface area (Å²) < 4.78 is 10.5. The number of hydrogen-bond donors (Lipinski definition) is 2. The van der Waals surface area contributed by atoms with Crippen LogP contribution in [-0.2, 0) is 14.3 Å². The van der Waals surface area contributed by atoms with Gasteiger partial charge in [0.1, 0.15) is 5.75 Å². The summed E-state index contributed by atoms with van der Waals surface area (Å²) in [4.78, 5) is 35.2. The number of ether oxygens (including phenoxy) is 2. The van der Waals surface area contributed by atoms with Gasteiger partial charge in [-0.15, -0.1) is 0 Å². The van der Waals surface area contributed by atoms with Crippen LogP contribution in [0.1, 0.15) is 27.0 Å². The van der Waals surface area contributed by atoms with Crippen molar-refractivity contribution in [3.05, 3.63) is 58.7 Å². The summed E-state index contributed by atoms with van der Waals surface area (Å²) in [6, 6.07) is 10.3. The average molecular weight is 384 g/mol. The SMILES string of the molecule is CNC(=O)c1ccc(NC(=O)COC(=O)COc2c(C)cc(C)cc2C)cc1. The maximum atomic E-state index is 11.9. The Morgan fingerprint density at radius 1 is 0.929 bits per heavy atom. The number of nitrogens with one attached hydrogen (secondary N) is 2. The summed E-state index contributed by atoms with van der Waals surface area (Å²) in [5, 5.41) is 5.10. The minimum absolute atomic E-state index is 0.217. The fourth-order valence-electron chi connectivity index (χ4n) is 2.76. The molecule has 7 heteroatoms. The van der Waals surface area contributed by atoms with Crippen molar-refractivity contribution in [1.82, 2.24) is 5.32 Å². The van der Waals surface area contributed by atoms with Crippen molar-refractivity contribution in [1.29, 1.82) is 0 Å². The first-order valence-corrected chi connectivity index (χ1v) is 8.78. The summed E-state index contributed by atoms with van der Waals surface area (Å²) in [6.07, 6.45) is 0. The molecule has 2 N–H and O–H groups in total. The van der Waals surface area contributed by atoms with Gasteiger partial charge in [-0.1, -0.05) is 17.7 Å². The fraction of sp³-hybridized carbons (Fsp3) is 0.286. The topological polar surface area (TPSA) is 93.7 Å². The molecule has 148 valence electrons. The number of hydrogen-bond acceptors (Lipinski definition) is 5. The van der Waals surface area contributed by atoms with Gasteiger partial charge < -0.3 is 20.1 Å². The molecule has 0 bridgehead atoms. The minimum Gasteiger partial charge on any atom is -0.481 e. The van der Waals surface area contributed by atoms with Crippen LogP contribution in [0, 0.1) is 20.8 Å². The lowest BCUT2D eigenvalue weighted by atomic mass is 10.1. The molecule has 0 aromatic heterocycles. The molecule has 2 rings (SSSR count). The third kappa shape index (κ3) is 5.84. The van der Waals surface area contributed by atoms with Gasteiger partial charge in [-0.05, 0) is 56.2 Å². The van der Waals surface area contributed by atoms with Crippen molar-refractivity contribution in [2.75, 3.05) is 25.6 Å². The van der Waals surface area contributed by atoms with Gasteiger partial charge in [-0.3, -0.25) is 9.59 Å². The largest absolute Gasteiger partial charge is 0.481 e. The summed E-state index contributed by atoms with van der Waals surface area (Å²) in [6.45, 7) is 5.10. The van der Waals surface area contributed by atoms with Crippen molar-refractivity contribution in [2.45, 2.75) is 20.8 Å². The monoisotopic (exact) mass is 384 g/mol. The van der Waals surface area contributed by atoms with E-state index in [9.17, 15) is 14.4 Å². The number of carbonyl (C=O) groups excluding carboxylic acids is 3. The molecule has 2 aromatic carbocycles. The molecule has 0 radical (unpaired) electrons. The number of rotatable bonds is 7. The normalized spacial score (nSPS) is 10.1. The molecule has 0 atom stereocenters. The Balaban J connectivity index is 1.79. The molecule has 0 aliphatic heterocycles. The lowest BCUT2D eigenvalue weighted by Crippen LogP contribution is -2.24. The highest BCUT2D eigenvalue weighted by Crippen LogP contribution is 2.24. The molecule has 0 unspecified atom stereocenters. The van der Waals surface area contributed by atoms with Crippen molar-refractivity contribution < 1.29 is 23.9 Å². The highest BCUT2D eigenvalue weighted by Gasteiger charge is 2.12. The van der Waals surface area contributed by atoms with Gasteiger partial charge in [0.15, 0.2) is 13.2 Å². The maximum absolute atomic E-state index is 11.9. The summed E-state index contributed by atoms with van der Waals surface area (Å²) in [5.74, 6) is -0.692. The zero-order chi connectivity index (χ0) is 20.7. The first-order chi connectivity index (χ1) is 13.3. The van der Waals surface area contributed by atoms with Crippen LogP contribution in [0.5, 0.6) is 5.75 Å². The first kappa shape index (κ1) is 21.0. The number of esters is 1. The average Bonchev–Trinajstić information content (AvgIpc) is 2.65. The molecule has 0 heterocycles. The number of aryl methyl sites for hydroxylation is 3. The third-order valence-corrected chi connectivity index (χ3v) is 3.96. The smallest absolute Gasteiger partial charge is 0.344 e. The third-order valence-electron chi connectivity index (χ3n) is 3.96. The molecular formula is C21H24N2O5. The molecule has 7 nitrogen and oxygen atoms in total. The van der Waals surface area contributed by atoms with Crippen LogP contribution >= 0.6 is 0 Å². The van der Waals surface area contributed by atoms with E-state index >= 15 is 0 Å². The zero-order valence-corrected chi connectivity index (χ0v) is 16.4. The lowest BCUT2D eigenvalue weighted by Gasteiger charge is -2.13. The molecule has 0 saturated carbocycles. The predicted octanol–water partition coefficient (Wildman–Crippen LogP) is 2.53. The van der Waals surface area contributed by atoms with Crippen molar-refractivity contribution in [3.63, 3.8) is 0 Å². The Hall–Kier alpha value is -3.35. The van der Waals surface area contributed by atoms with Crippen LogP contribution in [0.3, 0.4) is 0 Å². The van der Waals surface area contributed by atoms with E-state index in [0.29, 0.717) is 17.0 Å². The Morgan fingerprint density at radius 3 is 2.11 bits per heavy atom. The van der Waals surface area contributed by atoms with Crippen LogP contribution in [-0.4, -0.2) is 38.0 Å². The van der Waals surface area contributed by atoms with Crippen LogP contribution in [0.25, 0.3) is 0 Å². The van der Waals surface area contributed by atoms with Gasteiger partial charge >= 0.3 is 5.97 Å². The van der Waals surface area contributed by atoms with Crippen LogP contribution in [0.4, 0.5) is 5.69 Å². The van der Waals surface area contributed by atoms with E-state index in [1.807, 2.05) is 32.9 Å². The predicted molar refractivity (Wildman–Crippen MR) is 106 cm³/mol. The van der Waals surface area contributed by atoms with Crippen molar-refractivity contribution >= 4 is 23.5 Å². The van der Waals surface area contributed by atoms with Gasteiger partial charge in [-0.2, -0.15) is 0 Å². The van der Waals surface area contributed by atoms with E-state index in [1.54, 1.807) is 24.3 Å². The van der Waals surface area contributed by atoms with E-state index in [4.69, 9.17) is 9.47 Å². The highest BCUT2D eigenvalue weighted by atomic mass is 16.6. The minimum atomic E-state index is -0.635. The Bertz CT molecular complexity index is 852. The Kier molecular flexibility index (Phi) is 7.14. The molecule has 0 spiro atoms. The van der Waals surface area contributed by atoms with E-state index in [-0.39, 0.29) is 12.5 Å². The van der Waals surface area contributed by atoms with Crippen molar-refractivity contribution in [2.24, 2.45) is 0 Å². The number of amides is 2. The quantitative estimate of drug-likeness (QED) is 0.716. The number of carbonyl (C=O) groups is 3. The second-order valence-electron chi connectivity index (χ2n) is 6.38. The summed E-state index contributed by atoms with van der Waals surface area (Å²) in [5.41, 5.74) is 3.96. The first-order valence-electron chi connectivity index (χ1n) is 8.78. The number of benzene rings is 2. The molecule has 0 saturated heterocycles. The lowest BCUT2D eigenvalue weighted by molar-refractivity contribution is -0.149. The van der Waals surface area contributed by atoms with E-state index in [0.717, 1.165) is 16.7 Å². The summed E-state index contributed by atoms with van der Waals surface area (Å²) in [7, 11) is 1.54. The molecule has 2 aromatic rings. The molecule has 2 amide bonds. The van der Waals surface area contributed by atoms with Gasteiger partial charge in [-0.25, -0.2) is 4.79 Å². The van der Waals surface area contributed by atoms with Crippen LogP contribution in [0.2, 0.25) is 0 Å². The maximum Gasteiger partial charge on any atom is 0.344 e. The van der Waals surface area contributed by atoms with Gasteiger partial charge in [0.05, 0.1) is 0 Å². The highest BCUT2D eigenvalue weighted by molar-refractivity contribution is 5.96. The molecule has 0 aliphatic rings. The molecule has 28 heavy (non-hydrogen) atoms. The van der Waals surface area contributed by atoms with E-state index in [1.165, 1.54) is 7.05 Å². The molecule has 0 fully saturated rings. The second-order valence-corrected chi connectivity index (χ2v) is 6.38. The van der Waals surface area contributed by atoms with E-state index in [2.05, 4.69) is 10.6 Å². The Labute approximate surface area is 164 Å². The van der Waals surface area contributed by atoms with Crippen LogP contribution < -0.4 is 15.4 Å². The van der Waals surface area contributed by atoms with Gasteiger partial charge in [0.25, 0.3) is 11.8 Å². The molecule has 0 aliphatic carbocycles. The fourth-order valence-corrected chi connectivity index (χ4v) is 2.76. The van der Waals surface area contributed by atoms with Crippen molar-refractivity contribution in [3.8, 4) is 5.75 Å². The van der Waals surface area contributed by atoms with Gasteiger partial charge in [0.2, 0.25) is 0 Å². The molecular weight excluding hydrogens is 360 g/mol. The van der Waals surface area contributed by atoms with Crippen LogP contribution in [0.15, 0.2) is 36.4 Å². The van der Waals surface area contributed by atoms with E-state index < -0.39 is 18.5 Å². The summed E-state index contributed by atoms with van der Waals surface area (Å²) >= 11 is 0.